The average molecular weight is 291 g/mol. The van der Waals surface area contributed by atoms with Crippen LogP contribution in [0.4, 0.5) is 0 Å². The van der Waals surface area contributed by atoms with Crippen LogP contribution in [-0.2, 0) is 15.0 Å². The minimum Gasteiger partial charge on any atom is -0.353 e. The summed E-state index contributed by atoms with van der Waals surface area (Å²) >= 11 is 0. The van der Waals surface area contributed by atoms with E-state index >= 15 is 0 Å². The summed E-state index contributed by atoms with van der Waals surface area (Å²) in [5.41, 5.74) is 0. The first-order chi connectivity index (χ1) is 8.78. The number of amides is 1. The smallest absolute Gasteiger partial charge is 0.281 e. The fourth-order valence-corrected chi connectivity index (χ4v) is 3.25. The molecule has 0 aromatic rings. The molecule has 0 radical (unpaired) electrons. The van der Waals surface area contributed by atoms with Crippen LogP contribution in [0.3, 0.4) is 0 Å². The van der Waals surface area contributed by atoms with Crippen LogP contribution < -0.4 is 5.32 Å². The number of nitrogens with one attached hydrogen (secondary N) is 1. The lowest BCUT2D eigenvalue weighted by atomic mass is 9.98. The molecule has 7 heteroatoms. The maximum Gasteiger partial charge on any atom is 0.281 e. The summed E-state index contributed by atoms with van der Waals surface area (Å²) in [6.45, 7) is 4.74. The minimum absolute atomic E-state index is 0.0343. The maximum absolute atomic E-state index is 12.1. The Balaban J connectivity index is 2.67. The van der Waals surface area contributed by atoms with E-state index in [9.17, 15) is 13.2 Å². The number of nitrogens with zero attached hydrogens (tertiary/aromatic N) is 2. The van der Waals surface area contributed by atoms with Crippen molar-refractivity contribution in [2.24, 2.45) is 5.92 Å². The summed E-state index contributed by atoms with van der Waals surface area (Å²) < 4.78 is 26.7. The van der Waals surface area contributed by atoms with Gasteiger partial charge in [0.2, 0.25) is 5.91 Å². The highest BCUT2D eigenvalue weighted by molar-refractivity contribution is 7.86. The van der Waals surface area contributed by atoms with Crippen molar-refractivity contribution in [3.8, 4) is 0 Å². The summed E-state index contributed by atoms with van der Waals surface area (Å²) in [5, 5.41) is 2.93. The molecule has 1 amide bonds. The van der Waals surface area contributed by atoms with Gasteiger partial charge in [0.25, 0.3) is 10.2 Å². The second-order valence-corrected chi connectivity index (χ2v) is 7.45. The number of piperidine rings is 1. The Hall–Kier alpha value is -0.660. The third-order valence-corrected chi connectivity index (χ3v) is 5.45. The third-order valence-electron chi connectivity index (χ3n) is 3.54. The average Bonchev–Trinajstić information content (AvgIpc) is 2.38. The lowest BCUT2D eigenvalue weighted by Crippen LogP contribution is -2.49. The molecule has 1 aliphatic heterocycles. The van der Waals surface area contributed by atoms with Crippen LogP contribution in [0, 0.1) is 5.92 Å². The lowest BCUT2D eigenvalue weighted by molar-refractivity contribution is -0.126. The second kappa shape index (κ2) is 6.67. The lowest BCUT2D eigenvalue weighted by Gasteiger charge is -2.33. The number of rotatable bonds is 5. The van der Waals surface area contributed by atoms with Crippen LogP contribution >= 0.6 is 0 Å². The van der Waals surface area contributed by atoms with Crippen LogP contribution in [0.15, 0.2) is 0 Å². The molecule has 0 aromatic heterocycles. The molecule has 1 rings (SSSR count). The molecule has 1 aliphatic rings. The molecule has 19 heavy (non-hydrogen) atoms. The van der Waals surface area contributed by atoms with Crippen molar-refractivity contribution in [1.82, 2.24) is 13.9 Å². The molecule has 6 nitrogen and oxygen atoms in total. The van der Waals surface area contributed by atoms with E-state index in [0.29, 0.717) is 6.54 Å². The van der Waals surface area contributed by atoms with Crippen molar-refractivity contribution in [2.75, 3.05) is 27.2 Å². The van der Waals surface area contributed by atoms with Gasteiger partial charge in [0.1, 0.15) is 0 Å². The predicted molar refractivity (Wildman–Crippen MR) is 74.8 cm³/mol. The standard InChI is InChI=1S/C12H25N3O3S/c1-5-10(2)13-12(16)11-7-6-8-15(9-11)19(17,18)14(3)4/h10-11H,5-9H2,1-4H3,(H,13,16)/t10-,11-/m1/s1. The van der Waals surface area contributed by atoms with Crippen molar-refractivity contribution in [1.29, 1.82) is 0 Å². The molecule has 112 valence electrons. The van der Waals surface area contributed by atoms with E-state index in [-0.39, 0.29) is 24.4 Å². The molecule has 2 atom stereocenters. The summed E-state index contributed by atoms with van der Waals surface area (Å²) in [6.07, 6.45) is 2.35. The molecule has 0 spiro atoms. The zero-order chi connectivity index (χ0) is 14.6. The summed E-state index contributed by atoms with van der Waals surface area (Å²) in [5.74, 6) is -0.273. The van der Waals surface area contributed by atoms with Crippen LogP contribution in [0.25, 0.3) is 0 Å². The van der Waals surface area contributed by atoms with Gasteiger partial charge in [-0.25, -0.2) is 0 Å². The molecule has 1 heterocycles. The van der Waals surface area contributed by atoms with Crippen LogP contribution in [0.5, 0.6) is 0 Å². The molecule has 1 N–H and O–H groups in total. The molecular formula is C12H25N3O3S. The van der Waals surface area contributed by atoms with Gasteiger partial charge in [0, 0.05) is 33.2 Å². The monoisotopic (exact) mass is 291 g/mol. The van der Waals surface area contributed by atoms with E-state index in [1.54, 1.807) is 0 Å². The fourth-order valence-electron chi connectivity index (χ4n) is 2.06. The Morgan fingerprint density at radius 1 is 1.47 bits per heavy atom. The molecule has 0 bridgehead atoms. The number of carbonyl (C=O) groups is 1. The Kier molecular flexibility index (Phi) is 5.76. The largest absolute Gasteiger partial charge is 0.353 e. The summed E-state index contributed by atoms with van der Waals surface area (Å²) in [7, 11) is -0.390. The van der Waals surface area contributed by atoms with Crippen molar-refractivity contribution in [3.05, 3.63) is 0 Å². The zero-order valence-corrected chi connectivity index (χ0v) is 13.0. The van der Waals surface area contributed by atoms with E-state index < -0.39 is 10.2 Å². The van der Waals surface area contributed by atoms with Gasteiger partial charge < -0.3 is 5.32 Å². The predicted octanol–water partition coefficient (Wildman–Crippen LogP) is 0.420. The van der Waals surface area contributed by atoms with Crippen molar-refractivity contribution >= 4 is 16.1 Å². The first-order valence-corrected chi connectivity index (χ1v) is 8.16. The molecular weight excluding hydrogens is 266 g/mol. The fraction of sp³-hybridized carbons (Fsp3) is 0.917. The number of hydrogen-bond acceptors (Lipinski definition) is 3. The zero-order valence-electron chi connectivity index (χ0n) is 12.2. The Morgan fingerprint density at radius 2 is 2.11 bits per heavy atom. The van der Waals surface area contributed by atoms with Crippen molar-refractivity contribution < 1.29 is 13.2 Å². The van der Waals surface area contributed by atoms with Crippen molar-refractivity contribution in [3.63, 3.8) is 0 Å². The quantitative estimate of drug-likeness (QED) is 0.798. The van der Waals surface area contributed by atoms with Gasteiger partial charge in [0.15, 0.2) is 0 Å². The highest BCUT2D eigenvalue weighted by atomic mass is 32.2. The van der Waals surface area contributed by atoms with Crippen LogP contribution in [0.1, 0.15) is 33.1 Å². The highest BCUT2D eigenvalue weighted by Gasteiger charge is 2.33. The highest BCUT2D eigenvalue weighted by Crippen LogP contribution is 2.20. The second-order valence-electron chi connectivity index (χ2n) is 5.31. The van der Waals surface area contributed by atoms with Gasteiger partial charge >= 0.3 is 0 Å². The van der Waals surface area contributed by atoms with E-state index in [4.69, 9.17) is 0 Å². The van der Waals surface area contributed by atoms with Gasteiger partial charge in [-0.2, -0.15) is 17.0 Å². The molecule has 1 fully saturated rings. The van der Waals surface area contributed by atoms with E-state index in [1.165, 1.54) is 22.7 Å². The Bertz CT molecular complexity index is 408. The van der Waals surface area contributed by atoms with E-state index in [0.717, 1.165) is 19.3 Å². The molecule has 0 saturated carbocycles. The maximum atomic E-state index is 12.1. The van der Waals surface area contributed by atoms with Gasteiger partial charge in [-0.15, -0.1) is 0 Å². The molecule has 0 aliphatic carbocycles. The topological polar surface area (TPSA) is 69.7 Å². The number of hydrogen-bond donors (Lipinski definition) is 1. The molecule has 1 saturated heterocycles. The molecule has 0 aromatic carbocycles. The SMILES string of the molecule is CC[C@@H](C)NC(=O)[C@@H]1CCCN(S(=O)(=O)N(C)C)C1. The first kappa shape index (κ1) is 16.4. The van der Waals surface area contributed by atoms with Crippen molar-refractivity contribution in [2.45, 2.75) is 39.2 Å². The Morgan fingerprint density at radius 3 is 2.63 bits per heavy atom. The summed E-state index contributed by atoms with van der Waals surface area (Å²) in [6, 6.07) is 0.133. The Labute approximate surface area is 116 Å². The first-order valence-electron chi connectivity index (χ1n) is 6.77. The summed E-state index contributed by atoms with van der Waals surface area (Å²) in [4.78, 5) is 12.1. The van der Waals surface area contributed by atoms with Gasteiger partial charge in [-0.3, -0.25) is 4.79 Å². The normalized spacial score (nSPS) is 23.3. The van der Waals surface area contributed by atoms with Crippen LogP contribution in [-0.4, -0.2) is 56.2 Å². The molecule has 0 unspecified atom stereocenters. The van der Waals surface area contributed by atoms with Gasteiger partial charge in [-0.05, 0) is 26.2 Å². The third kappa shape index (κ3) is 4.15. The number of carbonyl (C=O) groups excluding carboxylic acids is 1. The van der Waals surface area contributed by atoms with E-state index in [1.807, 2.05) is 13.8 Å². The minimum atomic E-state index is -3.41. The van der Waals surface area contributed by atoms with Gasteiger partial charge in [-0.1, -0.05) is 6.92 Å². The van der Waals surface area contributed by atoms with E-state index in [2.05, 4.69) is 5.32 Å². The van der Waals surface area contributed by atoms with Crippen LogP contribution in [0.2, 0.25) is 0 Å². The van der Waals surface area contributed by atoms with Gasteiger partial charge in [0.05, 0.1) is 5.92 Å².